The Kier molecular flexibility index (Phi) is 8.94. The molecule has 1 aliphatic carbocycles. The monoisotopic (exact) mass is 474 g/mol. The minimum absolute atomic E-state index is 0.124. The van der Waals surface area contributed by atoms with Crippen molar-refractivity contribution < 1.29 is 48.1 Å². The molecule has 0 aromatic heterocycles. The first kappa shape index (κ1) is 25.1. The van der Waals surface area contributed by atoms with E-state index in [-0.39, 0.29) is 22.6 Å². The van der Waals surface area contributed by atoms with Gasteiger partial charge in [-0.25, -0.2) is 9.59 Å². The van der Waals surface area contributed by atoms with E-state index in [2.05, 4.69) is 0 Å². The lowest BCUT2D eigenvalue weighted by atomic mass is 9.95. The maximum Gasteiger partial charge on any atom is 0.376 e. The summed E-state index contributed by atoms with van der Waals surface area (Å²) in [6.07, 6.45) is 2.94. The molecule has 182 valence electrons. The van der Waals surface area contributed by atoms with E-state index in [4.69, 9.17) is 38.5 Å². The van der Waals surface area contributed by atoms with Crippen LogP contribution in [0.15, 0.2) is 36.4 Å². The molecule has 1 atom stereocenters. The molecule has 0 spiro atoms. The first-order chi connectivity index (χ1) is 16.5. The molecule has 34 heavy (non-hydrogen) atoms. The van der Waals surface area contributed by atoms with Gasteiger partial charge in [0.1, 0.15) is 17.2 Å². The summed E-state index contributed by atoms with van der Waals surface area (Å²) in [6.45, 7) is 0. The van der Waals surface area contributed by atoms with Crippen LogP contribution in [0.4, 0.5) is 0 Å². The van der Waals surface area contributed by atoms with E-state index in [1.54, 1.807) is 24.3 Å². The van der Waals surface area contributed by atoms with E-state index in [9.17, 15) is 9.59 Å². The van der Waals surface area contributed by atoms with Crippen LogP contribution >= 0.6 is 0 Å². The lowest BCUT2D eigenvalue weighted by Crippen LogP contribution is -2.30. The maximum atomic E-state index is 12.6. The second-order valence-electron chi connectivity index (χ2n) is 7.02. The van der Waals surface area contributed by atoms with Crippen molar-refractivity contribution in [1.82, 2.24) is 0 Å². The number of hydrogen-bond acceptors (Lipinski definition) is 10. The van der Waals surface area contributed by atoms with Crippen molar-refractivity contribution in [1.29, 1.82) is 0 Å². The number of methoxy groups -OCH3 is 4. The number of benzene rings is 2. The third-order valence-electron chi connectivity index (χ3n) is 5.04. The predicted molar refractivity (Wildman–Crippen MR) is 117 cm³/mol. The van der Waals surface area contributed by atoms with Crippen LogP contribution in [0.25, 0.3) is 0 Å². The maximum absolute atomic E-state index is 12.6. The van der Waals surface area contributed by atoms with E-state index in [1.165, 1.54) is 40.6 Å². The summed E-state index contributed by atoms with van der Waals surface area (Å²) in [5.41, 5.74) is 0.250. The summed E-state index contributed by atoms with van der Waals surface area (Å²) in [5.74, 6) is -0.380. The molecule has 1 saturated carbocycles. The second kappa shape index (κ2) is 12.1. The zero-order chi connectivity index (χ0) is 24.5. The van der Waals surface area contributed by atoms with Crippen LogP contribution in [0, 0.1) is 12.5 Å². The Balaban J connectivity index is 1.62. The Hall–Kier alpha value is -3.50. The Labute approximate surface area is 197 Å². The van der Waals surface area contributed by atoms with Gasteiger partial charge in [-0.1, -0.05) is 12.1 Å². The standard InChI is InChI=1S/C24H26O10/c1-27-19-13-7-9-15(21(19)29-3)23(25)33-31-17-11-5-6-12-18(17)32-34-24(26)16-10-8-14-20(28-2)22(16)30-4/h5,7-10,13-14,17H,6,11-12H2,1-4H3. The fraction of sp³-hybridized carbons (Fsp3) is 0.333. The topological polar surface area (TPSA) is 108 Å². The first-order valence-electron chi connectivity index (χ1n) is 10.4. The average molecular weight is 474 g/mol. The number of hydrogen-bond donors (Lipinski definition) is 0. The van der Waals surface area contributed by atoms with E-state index in [0.29, 0.717) is 36.9 Å². The lowest BCUT2D eigenvalue weighted by molar-refractivity contribution is -0.317. The molecule has 10 nitrogen and oxygen atoms in total. The Morgan fingerprint density at radius 2 is 1.32 bits per heavy atom. The van der Waals surface area contributed by atoms with Crippen LogP contribution in [-0.2, 0) is 19.6 Å². The molecule has 2 radical (unpaired) electrons. The van der Waals surface area contributed by atoms with Gasteiger partial charge in [-0.2, -0.15) is 9.78 Å². The van der Waals surface area contributed by atoms with E-state index >= 15 is 0 Å². The molecule has 2 aromatic carbocycles. The highest BCUT2D eigenvalue weighted by atomic mass is 17.2. The van der Waals surface area contributed by atoms with E-state index in [0.717, 1.165) is 0 Å². The first-order valence-corrected chi connectivity index (χ1v) is 10.4. The van der Waals surface area contributed by atoms with Crippen molar-refractivity contribution >= 4 is 11.9 Å². The summed E-state index contributed by atoms with van der Waals surface area (Å²) < 4.78 is 20.9. The summed E-state index contributed by atoms with van der Waals surface area (Å²) in [6, 6.07) is 9.59. The number of ether oxygens (including phenoxy) is 4. The molecule has 10 heteroatoms. The van der Waals surface area contributed by atoms with E-state index in [1.807, 2.05) is 6.42 Å². The highest BCUT2D eigenvalue weighted by Gasteiger charge is 2.33. The quantitative estimate of drug-likeness (QED) is 0.372. The van der Waals surface area contributed by atoms with Crippen LogP contribution < -0.4 is 18.9 Å². The van der Waals surface area contributed by atoms with Crippen molar-refractivity contribution in [3.63, 3.8) is 0 Å². The SMILES string of the molecule is COc1cccc(C(=O)OO[C]2CC[CH]CC2OOC(=O)c2cccc(OC)c2OC)c1OC. The summed E-state index contributed by atoms with van der Waals surface area (Å²) >= 11 is 0. The average Bonchev–Trinajstić information content (AvgIpc) is 2.89. The molecule has 1 aliphatic rings. The van der Waals surface area contributed by atoms with Gasteiger partial charge < -0.3 is 18.9 Å². The van der Waals surface area contributed by atoms with Crippen molar-refractivity contribution in [3.8, 4) is 23.0 Å². The fourth-order valence-electron chi connectivity index (χ4n) is 3.37. The lowest BCUT2D eigenvalue weighted by Gasteiger charge is -2.27. The minimum atomic E-state index is -0.783. The largest absolute Gasteiger partial charge is 0.493 e. The van der Waals surface area contributed by atoms with Gasteiger partial charge in [-0.15, -0.1) is 0 Å². The van der Waals surface area contributed by atoms with Gasteiger partial charge in [-0.05, 0) is 49.9 Å². The zero-order valence-corrected chi connectivity index (χ0v) is 19.3. The van der Waals surface area contributed by atoms with Crippen molar-refractivity contribution in [3.05, 3.63) is 60.0 Å². The third kappa shape index (κ3) is 5.70. The zero-order valence-electron chi connectivity index (χ0n) is 19.3. The molecule has 0 N–H and O–H groups in total. The normalized spacial score (nSPS) is 15.8. The van der Waals surface area contributed by atoms with Crippen molar-refractivity contribution in [2.24, 2.45) is 0 Å². The summed E-state index contributed by atoms with van der Waals surface area (Å²) in [5, 5.41) is 0. The number of rotatable bonds is 10. The fourth-order valence-corrected chi connectivity index (χ4v) is 3.37. The second-order valence-corrected chi connectivity index (χ2v) is 7.02. The van der Waals surface area contributed by atoms with Gasteiger partial charge in [-0.3, -0.25) is 9.78 Å². The van der Waals surface area contributed by atoms with Gasteiger partial charge in [0.2, 0.25) is 0 Å². The van der Waals surface area contributed by atoms with Crippen LogP contribution in [0.3, 0.4) is 0 Å². The molecule has 1 fully saturated rings. The third-order valence-corrected chi connectivity index (χ3v) is 5.04. The highest BCUT2D eigenvalue weighted by molar-refractivity contribution is 5.93. The molecule has 3 rings (SSSR count). The molecule has 0 saturated heterocycles. The van der Waals surface area contributed by atoms with Gasteiger partial charge in [0.15, 0.2) is 29.1 Å². The van der Waals surface area contributed by atoms with Crippen LogP contribution in [0.5, 0.6) is 23.0 Å². The van der Waals surface area contributed by atoms with E-state index < -0.39 is 18.0 Å². The van der Waals surface area contributed by atoms with Crippen molar-refractivity contribution in [2.45, 2.75) is 25.4 Å². The molecule has 0 aliphatic heterocycles. The minimum Gasteiger partial charge on any atom is -0.493 e. The summed E-state index contributed by atoms with van der Waals surface area (Å²) in [4.78, 5) is 45.8. The van der Waals surface area contributed by atoms with Gasteiger partial charge in [0, 0.05) is 0 Å². The number of para-hydroxylation sites is 2. The van der Waals surface area contributed by atoms with Gasteiger partial charge in [0.25, 0.3) is 0 Å². The molecular weight excluding hydrogens is 448 g/mol. The predicted octanol–water partition coefficient (Wildman–Crippen LogP) is 3.89. The molecule has 0 bridgehead atoms. The smallest absolute Gasteiger partial charge is 0.376 e. The van der Waals surface area contributed by atoms with Crippen LogP contribution in [0.2, 0.25) is 0 Å². The Morgan fingerprint density at radius 3 is 1.85 bits per heavy atom. The van der Waals surface area contributed by atoms with Crippen LogP contribution in [-0.4, -0.2) is 46.5 Å². The summed E-state index contributed by atoms with van der Waals surface area (Å²) in [7, 11) is 5.75. The molecule has 2 aromatic rings. The molecule has 0 amide bonds. The number of carbonyl (C=O) groups excluding carboxylic acids is 2. The van der Waals surface area contributed by atoms with Gasteiger partial charge >= 0.3 is 11.9 Å². The molecular formula is C24H26O10. The van der Waals surface area contributed by atoms with Gasteiger partial charge in [0.05, 0.1) is 28.4 Å². The van der Waals surface area contributed by atoms with Crippen LogP contribution in [0.1, 0.15) is 40.0 Å². The Morgan fingerprint density at radius 1 is 0.765 bits per heavy atom. The molecule has 0 heterocycles. The van der Waals surface area contributed by atoms with Crippen molar-refractivity contribution in [2.75, 3.05) is 28.4 Å². The highest BCUT2D eigenvalue weighted by Crippen LogP contribution is 2.34. The number of carbonyl (C=O) groups is 2. The molecule has 1 unspecified atom stereocenters. The Bertz CT molecular complexity index is 910.